The number of piperazine rings is 1. The van der Waals surface area contributed by atoms with E-state index >= 15 is 0 Å². The van der Waals surface area contributed by atoms with Crippen molar-refractivity contribution in [3.05, 3.63) is 15.9 Å². The van der Waals surface area contributed by atoms with Crippen molar-refractivity contribution in [1.82, 2.24) is 20.0 Å². The SMILES string of the molecule is CCc1nn(CC)c(CN2C(=O)C(C)NC(=O)C2C)c1Br. The fourth-order valence-corrected chi connectivity index (χ4v) is 3.21. The molecular weight excluding hydrogens is 336 g/mol. The van der Waals surface area contributed by atoms with E-state index < -0.39 is 12.1 Å². The van der Waals surface area contributed by atoms with E-state index in [1.54, 1.807) is 18.7 Å². The minimum atomic E-state index is -0.476. The summed E-state index contributed by atoms with van der Waals surface area (Å²) in [5, 5.41) is 7.22. The zero-order chi connectivity index (χ0) is 15.7. The molecule has 0 spiro atoms. The number of amides is 2. The van der Waals surface area contributed by atoms with Crippen LogP contribution < -0.4 is 5.32 Å². The first-order valence-electron chi connectivity index (χ1n) is 7.25. The smallest absolute Gasteiger partial charge is 0.245 e. The molecule has 2 rings (SSSR count). The van der Waals surface area contributed by atoms with Crippen LogP contribution in [0, 0.1) is 0 Å². The summed E-state index contributed by atoms with van der Waals surface area (Å²) >= 11 is 3.58. The molecule has 2 atom stereocenters. The Balaban J connectivity index is 2.34. The third kappa shape index (κ3) is 2.84. The normalized spacial score (nSPS) is 22.6. The molecule has 1 aromatic rings. The van der Waals surface area contributed by atoms with Crippen molar-refractivity contribution in [3.63, 3.8) is 0 Å². The van der Waals surface area contributed by atoms with E-state index in [0.29, 0.717) is 6.54 Å². The lowest BCUT2D eigenvalue weighted by molar-refractivity contribution is -0.148. The van der Waals surface area contributed by atoms with E-state index in [9.17, 15) is 9.59 Å². The van der Waals surface area contributed by atoms with Crippen LogP contribution in [-0.2, 0) is 29.1 Å². The molecule has 0 radical (unpaired) electrons. The second-order valence-electron chi connectivity index (χ2n) is 5.25. The number of carbonyl (C=O) groups is 2. The van der Waals surface area contributed by atoms with E-state index in [0.717, 1.165) is 28.8 Å². The van der Waals surface area contributed by atoms with Crippen molar-refractivity contribution in [2.75, 3.05) is 0 Å². The van der Waals surface area contributed by atoms with Crippen molar-refractivity contribution < 1.29 is 9.59 Å². The lowest BCUT2D eigenvalue weighted by Gasteiger charge is -2.36. The molecule has 0 aliphatic carbocycles. The summed E-state index contributed by atoms with van der Waals surface area (Å²) < 4.78 is 2.82. The zero-order valence-corrected chi connectivity index (χ0v) is 14.4. The Bertz CT molecular complexity index is 570. The highest BCUT2D eigenvalue weighted by Gasteiger charge is 2.36. The van der Waals surface area contributed by atoms with Gasteiger partial charge in [0.05, 0.1) is 22.4 Å². The van der Waals surface area contributed by atoms with Gasteiger partial charge in [-0.25, -0.2) is 0 Å². The number of aromatic nitrogens is 2. The molecule has 0 saturated carbocycles. The van der Waals surface area contributed by atoms with Crippen molar-refractivity contribution in [3.8, 4) is 0 Å². The maximum absolute atomic E-state index is 12.3. The lowest BCUT2D eigenvalue weighted by Crippen LogP contribution is -2.61. The lowest BCUT2D eigenvalue weighted by atomic mass is 10.1. The largest absolute Gasteiger partial charge is 0.343 e. The van der Waals surface area contributed by atoms with Crippen LogP contribution in [0.1, 0.15) is 39.1 Å². The molecule has 2 heterocycles. The maximum Gasteiger partial charge on any atom is 0.245 e. The number of aryl methyl sites for hydroxylation is 2. The van der Waals surface area contributed by atoms with E-state index in [4.69, 9.17) is 0 Å². The molecule has 1 saturated heterocycles. The minimum absolute atomic E-state index is 0.0594. The molecule has 1 aliphatic heterocycles. The Morgan fingerprint density at radius 1 is 1.29 bits per heavy atom. The maximum atomic E-state index is 12.3. The molecule has 2 amide bonds. The summed E-state index contributed by atoms with van der Waals surface area (Å²) in [6.07, 6.45) is 0.820. The second kappa shape index (κ2) is 6.17. The number of rotatable bonds is 4. The van der Waals surface area contributed by atoms with Crippen LogP contribution >= 0.6 is 15.9 Å². The molecule has 1 N–H and O–H groups in total. The Labute approximate surface area is 133 Å². The highest BCUT2D eigenvalue weighted by atomic mass is 79.9. The van der Waals surface area contributed by atoms with Gasteiger partial charge in [-0.2, -0.15) is 5.10 Å². The number of halogens is 1. The van der Waals surface area contributed by atoms with Gasteiger partial charge in [-0.15, -0.1) is 0 Å². The zero-order valence-electron chi connectivity index (χ0n) is 12.8. The first-order valence-corrected chi connectivity index (χ1v) is 8.04. The highest BCUT2D eigenvalue weighted by molar-refractivity contribution is 9.10. The van der Waals surface area contributed by atoms with Crippen LogP contribution in [0.5, 0.6) is 0 Å². The number of hydrogen-bond donors (Lipinski definition) is 1. The van der Waals surface area contributed by atoms with E-state index in [1.807, 2.05) is 18.5 Å². The molecule has 1 aliphatic rings. The van der Waals surface area contributed by atoms with Gasteiger partial charge in [0.2, 0.25) is 11.8 Å². The molecule has 2 unspecified atom stereocenters. The predicted molar refractivity (Wildman–Crippen MR) is 82.6 cm³/mol. The van der Waals surface area contributed by atoms with Crippen molar-refractivity contribution >= 4 is 27.7 Å². The first kappa shape index (κ1) is 16.0. The minimum Gasteiger partial charge on any atom is -0.343 e. The summed E-state index contributed by atoms with van der Waals surface area (Å²) in [7, 11) is 0. The van der Waals surface area contributed by atoms with Gasteiger partial charge in [0.15, 0.2) is 0 Å². The number of carbonyl (C=O) groups excluding carboxylic acids is 2. The fraction of sp³-hybridized carbons (Fsp3) is 0.643. The molecule has 7 heteroatoms. The average molecular weight is 357 g/mol. The molecule has 116 valence electrons. The van der Waals surface area contributed by atoms with Crippen LogP contribution in [0.25, 0.3) is 0 Å². The second-order valence-corrected chi connectivity index (χ2v) is 6.04. The van der Waals surface area contributed by atoms with Gasteiger partial charge in [0.25, 0.3) is 0 Å². The first-order chi connectivity index (χ1) is 9.90. The number of hydrogen-bond acceptors (Lipinski definition) is 3. The van der Waals surface area contributed by atoms with Gasteiger partial charge in [0, 0.05) is 6.54 Å². The van der Waals surface area contributed by atoms with E-state index in [2.05, 4.69) is 26.3 Å². The Hall–Kier alpha value is -1.37. The summed E-state index contributed by atoms with van der Waals surface area (Å²) in [6.45, 7) is 8.63. The van der Waals surface area contributed by atoms with Crippen LogP contribution in [-0.4, -0.2) is 38.6 Å². The Kier molecular flexibility index (Phi) is 4.70. The van der Waals surface area contributed by atoms with Gasteiger partial charge < -0.3 is 10.2 Å². The van der Waals surface area contributed by atoms with Crippen molar-refractivity contribution in [2.45, 2.75) is 59.3 Å². The average Bonchev–Trinajstić information content (AvgIpc) is 2.77. The Morgan fingerprint density at radius 3 is 2.52 bits per heavy atom. The van der Waals surface area contributed by atoms with Gasteiger partial charge in [-0.1, -0.05) is 6.92 Å². The molecule has 6 nitrogen and oxygen atoms in total. The summed E-state index contributed by atoms with van der Waals surface area (Å²) in [5.41, 5.74) is 1.91. The van der Waals surface area contributed by atoms with Crippen LogP contribution in [0.15, 0.2) is 4.47 Å². The van der Waals surface area contributed by atoms with E-state index in [1.165, 1.54) is 0 Å². The predicted octanol–water partition coefficient (Wildman–Crippen LogP) is 1.46. The third-order valence-corrected chi connectivity index (χ3v) is 4.79. The fourth-order valence-electron chi connectivity index (χ4n) is 2.52. The van der Waals surface area contributed by atoms with Gasteiger partial charge in [-0.3, -0.25) is 14.3 Å². The van der Waals surface area contributed by atoms with E-state index in [-0.39, 0.29) is 11.8 Å². The quantitative estimate of drug-likeness (QED) is 0.887. The molecule has 1 aromatic heterocycles. The number of nitrogens with one attached hydrogen (secondary N) is 1. The van der Waals surface area contributed by atoms with Crippen molar-refractivity contribution in [1.29, 1.82) is 0 Å². The van der Waals surface area contributed by atoms with Crippen LogP contribution in [0.4, 0.5) is 0 Å². The Morgan fingerprint density at radius 2 is 1.95 bits per heavy atom. The van der Waals surface area contributed by atoms with Crippen molar-refractivity contribution in [2.24, 2.45) is 0 Å². The number of nitrogens with zero attached hydrogens (tertiary/aromatic N) is 3. The highest BCUT2D eigenvalue weighted by Crippen LogP contribution is 2.25. The standard InChI is InChI=1S/C14H21BrN4O2/c1-5-10-12(15)11(19(6-2)17-10)7-18-9(4)13(20)16-8(3)14(18)21/h8-9H,5-7H2,1-4H3,(H,16,20). The van der Waals surface area contributed by atoms with Crippen LogP contribution in [0.2, 0.25) is 0 Å². The van der Waals surface area contributed by atoms with Gasteiger partial charge in [-0.05, 0) is 43.1 Å². The molecular formula is C14H21BrN4O2. The summed E-state index contributed by atoms with van der Waals surface area (Å²) in [6, 6.07) is -0.943. The third-order valence-electron chi connectivity index (χ3n) is 3.87. The summed E-state index contributed by atoms with van der Waals surface area (Å²) in [5.74, 6) is -0.174. The molecule has 0 aromatic carbocycles. The van der Waals surface area contributed by atoms with Gasteiger partial charge in [0.1, 0.15) is 12.1 Å². The molecule has 21 heavy (non-hydrogen) atoms. The molecule has 1 fully saturated rings. The summed E-state index contributed by atoms with van der Waals surface area (Å²) in [4.78, 5) is 25.9. The molecule has 0 bridgehead atoms. The van der Waals surface area contributed by atoms with Crippen LogP contribution in [0.3, 0.4) is 0 Å². The van der Waals surface area contributed by atoms with Gasteiger partial charge >= 0.3 is 0 Å². The topological polar surface area (TPSA) is 67.2 Å². The monoisotopic (exact) mass is 356 g/mol.